The van der Waals surface area contributed by atoms with Crippen molar-refractivity contribution in [3.8, 4) is 5.88 Å². The van der Waals surface area contributed by atoms with Crippen molar-refractivity contribution in [2.45, 2.75) is 19.6 Å². The summed E-state index contributed by atoms with van der Waals surface area (Å²) in [5, 5.41) is 2.63. The molecule has 0 atom stereocenters. The summed E-state index contributed by atoms with van der Waals surface area (Å²) in [5.74, 6) is -0.529. The Bertz CT molecular complexity index is 677. The van der Waals surface area contributed by atoms with Crippen molar-refractivity contribution in [2.75, 3.05) is 6.61 Å². The van der Waals surface area contributed by atoms with Gasteiger partial charge in [0.15, 0.2) is 6.61 Å². The maximum Gasteiger partial charge on any atom is 0.422 e. The third-order valence-corrected chi connectivity index (χ3v) is 2.79. The Morgan fingerprint density at radius 3 is 2.70 bits per heavy atom. The van der Waals surface area contributed by atoms with Crippen LogP contribution >= 0.6 is 0 Å². The lowest BCUT2D eigenvalue weighted by Gasteiger charge is -2.11. The monoisotopic (exact) mass is 326 g/mol. The summed E-state index contributed by atoms with van der Waals surface area (Å²) in [6.07, 6.45) is -0.244. The zero-order chi connectivity index (χ0) is 16.9. The van der Waals surface area contributed by atoms with E-state index in [2.05, 4.69) is 25.0 Å². The standard InChI is InChI=1S/C14H13F3N4O2/c1-9-10(2-3-12(21-9)23-8-14(15,16)17)6-20-13(22)11-7-18-4-5-19-11/h2-5,7H,6,8H2,1H3,(H,20,22). The lowest BCUT2D eigenvalue weighted by Crippen LogP contribution is -2.24. The third kappa shape index (κ3) is 5.20. The number of aromatic nitrogens is 3. The van der Waals surface area contributed by atoms with Gasteiger partial charge in [-0.2, -0.15) is 13.2 Å². The molecular weight excluding hydrogens is 313 g/mol. The van der Waals surface area contributed by atoms with Crippen LogP contribution in [0.25, 0.3) is 0 Å². The van der Waals surface area contributed by atoms with Crippen LogP contribution in [-0.2, 0) is 6.54 Å². The van der Waals surface area contributed by atoms with E-state index in [1.165, 1.54) is 24.7 Å². The number of carbonyl (C=O) groups excluding carboxylic acids is 1. The number of aryl methyl sites for hydroxylation is 1. The first-order chi connectivity index (χ1) is 10.8. The minimum atomic E-state index is -4.42. The molecule has 23 heavy (non-hydrogen) atoms. The van der Waals surface area contributed by atoms with Gasteiger partial charge in [-0.3, -0.25) is 9.78 Å². The largest absolute Gasteiger partial charge is 0.468 e. The van der Waals surface area contributed by atoms with Crippen molar-refractivity contribution >= 4 is 5.91 Å². The van der Waals surface area contributed by atoms with Crippen LogP contribution in [-0.4, -0.2) is 33.6 Å². The molecule has 0 bridgehead atoms. The summed E-state index contributed by atoms with van der Waals surface area (Å²) < 4.78 is 40.8. The highest BCUT2D eigenvalue weighted by atomic mass is 19.4. The summed E-state index contributed by atoms with van der Waals surface area (Å²) in [7, 11) is 0. The summed E-state index contributed by atoms with van der Waals surface area (Å²) in [6, 6.07) is 2.87. The molecule has 0 unspecified atom stereocenters. The first kappa shape index (κ1) is 16.7. The molecule has 1 amide bonds. The smallest absolute Gasteiger partial charge is 0.422 e. The van der Waals surface area contributed by atoms with E-state index in [9.17, 15) is 18.0 Å². The molecule has 2 aromatic heterocycles. The number of alkyl halides is 3. The molecule has 0 saturated heterocycles. The molecule has 0 aromatic carbocycles. The number of halogens is 3. The maximum absolute atomic E-state index is 12.1. The molecule has 0 spiro atoms. The van der Waals surface area contributed by atoms with Crippen LogP contribution in [0.3, 0.4) is 0 Å². The van der Waals surface area contributed by atoms with Crippen LogP contribution in [0.5, 0.6) is 5.88 Å². The van der Waals surface area contributed by atoms with Gasteiger partial charge < -0.3 is 10.1 Å². The summed E-state index contributed by atoms with van der Waals surface area (Å²) in [6.45, 7) is 0.375. The number of hydrogen-bond acceptors (Lipinski definition) is 5. The number of nitrogens with one attached hydrogen (secondary N) is 1. The number of ether oxygens (including phenoxy) is 1. The second-order valence-corrected chi connectivity index (χ2v) is 4.57. The Balaban J connectivity index is 1.95. The first-order valence-electron chi connectivity index (χ1n) is 6.55. The third-order valence-electron chi connectivity index (χ3n) is 2.79. The van der Waals surface area contributed by atoms with E-state index >= 15 is 0 Å². The summed E-state index contributed by atoms with van der Waals surface area (Å²) in [5.41, 5.74) is 1.29. The molecule has 122 valence electrons. The lowest BCUT2D eigenvalue weighted by atomic mass is 10.2. The van der Waals surface area contributed by atoms with Gasteiger partial charge in [0.25, 0.3) is 5.91 Å². The van der Waals surface area contributed by atoms with Crippen molar-refractivity contribution in [2.24, 2.45) is 0 Å². The Morgan fingerprint density at radius 2 is 2.09 bits per heavy atom. The Kier molecular flexibility index (Phi) is 5.09. The average molecular weight is 326 g/mol. The average Bonchev–Trinajstić information content (AvgIpc) is 2.52. The summed E-state index contributed by atoms with van der Waals surface area (Å²) >= 11 is 0. The van der Waals surface area contributed by atoms with Crippen molar-refractivity contribution in [3.63, 3.8) is 0 Å². The van der Waals surface area contributed by atoms with Gasteiger partial charge in [-0.15, -0.1) is 0 Å². The number of pyridine rings is 1. The molecule has 0 radical (unpaired) electrons. The molecule has 0 saturated carbocycles. The lowest BCUT2D eigenvalue weighted by molar-refractivity contribution is -0.154. The molecule has 0 aliphatic heterocycles. The minimum absolute atomic E-state index is 0.121. The fourth-order valence-corrected chi connectivity index (χ4v) is 1.67. The van der Waals surface area contributed by atoms with Crippen LogP contribution in [0.1, 0.15) is 21.7 Å². The minimum Gasteiger partial charge on any atom is -0.468 e. The molecular formula is C14H13F3N4O2. The van der Waals surface area contributed by atoms with Crippen LogP contribution in [0.4, 0.5) is 13.2 Å². The van der Waals surface area contributed by atoms with Gasteiger partial charge in [0, 0.05) is 30.7 Å². The Morgan fingerprint density at radius 1 is 1.30 bits per heavy atom. The van der Waals surface area contributed by atoms with Gasteiger partial charge in [0.05, 0.1) is 6.20 Å². The quantitative estimate of drug-likeness (QED) is 0.910. The second kappa shape index (κ2) is 7.03. The number of amides is 1. The highest BCUT2D eigenvalue weighted by molar-refractivity contribution is 5.91. The zero-order valence-electron chi connectivity index (χ0n) is 12.1. The summed E-state index contributed by atoms with van der Waals surface area (Å²) in [4.78, 5) is 23.4. The number of rotatable bonds is 5. The highest BCUT2D eigenvalue weighted by Gasteiger charge is 2.28. The highest BCUT2D eigenvalue weighted by Crippen LogP contribution is 2.18. The van der Waals surface area contributed by atoms with E-state index in [1.54, 1.807) is 13.0 Å². The molecule has 1 N–H and O–H groups in total. The van der Waals surface area contributed by atoms with E-state index in [1.807, 2.05) is 0 Å². The van der Waals surface area contributed by atoms with Gasteiger partial charge >= 0.3 is 6.18 Å². The topological polar surface area (TPSA) is 77.0 Å². The van der Waals surface area contributed by atoms with E-state index in [0.717, 1.165) is 0 Å². The van der Waals surface area contributed by atoms with Gasteiger partial charge in [-0.25, -0.2) is 9.97 Å². The number of carbonyl (C=O) groups is 1. The van der Waals surface area contributed by atoms with Crippen LogP contribution in [0.2, 0.25) is 0 Å². The molecule has 9 heteroatoms. The predicted octanol–water partition coefficient (Wildman–Crippen LogP) is 2.05. The van der Waals surface area contributed by atoms with Gasteiger partial charge in [-0.1, -0.05) is 6.07 Å². The van der Waals surface area contributed by atoms with Crippen LogP contribution < -0.4 is 10.1 Å². The first-order valence-corrected chi connectivity index (χ1v) is 6.55. The predicted molar refractivity (Wildman–Crippen MR) is 73.7 cm³/mol. The maximum atomic E-state index is 12.1. The normalized spacial score (nSPS) is 11.1. The second-order valence-electron chi connectivity index (χ2n) is 4.57. The molecule has 6 nitrogen and oxygen atoms in total. The fraction of sp³-hybridized carbons (Fsp3) is 0.286. The fourth-order valence-electron chi connectivity index (χ4n) is 1.67. The molecule has 2 rings (SSSR count). The van der Waals surface area contributed by atoms with Crippen molar-refractivity contribution < 1.29 is 22.7 Å². The molecule has 0 aliphatic rings. The van der Waals surface area contributed by atoms with Crippen LogP contribution in [0, 0.1) is 6.92 Å². The molecule has 2 heterocycles. The number of nitrogens with zero attached hydrogens (tertiary/aromatic N) is 3. The Labute approximate surface area is 129 Å². The van der Waals surface area contributed by atoms with Crippen molar-refractivity contribution in [1.82, 2.24) is 20.3 Å². The zero-order valence-corrected chi connectivity index (χ0v) is 12.1. The van der Waals surface area contributed by atoms with Gasteiger partial charge in [0.1, 0.15) is 5.69 Å². The Hall–Kier alpha value is -2.71. The SMILES string of the molecule is Cc1nc(OCC(F)(F)F)ccc1CNC(=O)c1cnccn1. The van der Waals surface area contributed by atoms with E-state index in [-0.39, 0.29) is 18.1 Å². The van der Waals surface area contributed by atoms with E-state index in [0.29, 0.717) is 11.3 Å². The van der Waals surface area contributed by atoms with E-state index in [4.69, 9.17) is 0 Å². The van der Waals surface area contributed by atoms with Crippen LogP contribution in [0.15, 0.2) is 30.7 Å². The van der Waals surface area contributed by atoms with Crippen molar-refractivity contribution in [3.05, 3.63) is 47.7 Å². The molecule has 0 fully saturated rings. The van der Waals surface area contributed by atoms with E-state index < -0.39 is 18.7 Å². The van der Waals surface area contributed by atoms with Gasteiger partial charge in [-0.05, 0) is 12.5 Å². The number of hydrogen-bond donors (Lipinski definition) is 1. The van der Waals surface area contributed by atoms with Crippen molar-refractivity contribution in [1.29, 1.82) is 0 Å². The van der Waals surface area contributed by atoms with Gasteiger partial charge in [0.2, 0.25) is 5.88 Å². The molecule has 2 aromatic rings. The molecule has 0 aliphatic carbocycles.